The first kappa shape index (κ1) is 19.8. The molecule has 2 aromatic carbocycles. The molecule has 1 amide bonds. The first-order valence-corrected chi connectivity index (χ1v) is 9.93. The number of nitrogens with one attached hydrogen (secondary N) is 1. The van der Waals surface area contributed by atoms with Crippen molar-refractivity contribution >= 4 is 28.4 Å². The third-order valence-electron chi connectivity index (χ3n) is 4.79. The quantitative estimate of drug-likeness (QED) is 0.519. The Hall–Kier alpha value is -3.45. The Morgan fingerprint density at radius 3 is 2.70 bits per heavy atom. The molecule has 8 heteroatoms. The van der Waals surface area contributed by atoms with E-state index in [1.54, 1.807) is 31.3 Å². The molecule has 152 valence electrons. The molecular formula is C22H20ClN5O2. The Bertz CT molecular complexity index is 1260. The first-order valence-electron chi connectivity index (χ1n) is 9.55. The molecule has 0 spiro atoms. The van der Waals surface area contributed by atoms with E-state index in [1.807, 2.05) is 36.4 Å². The summed E-state index contributed by atoms with van der Waals surface area (Å²) in [5, 5.41) is 12.7. The molecule has 4 rings (SSSR count). The predicted molar refractivity (Wildman–Crippen MR) is 116 cm³/mol. The maximum Gasteiger partial charge on any atom is 0.293 e. The highest BCUT2D eigenvalue weighted by Gasteiger charge is 2.16. The molecule has 30 heavy (non-hydrogen) atoms. The number of aromatic nitrogens is 4. The van der Waals surface area contributed by atoms with Gasteiger partial charge in [-0.2, -0.15) is 10.2 Å². The van der Waals surface area contributed by atoms with Gasteiger partial charge in [-0.1, -0.05) is 48.0 Å². The number of benzene rings is 2. The van der Waals surface area contributed by atoms with Gasteiger partial charge < -0.3 is 5.32 Å². The molecule has 0 aliphatic carbocycles. The monoisotopic (exact) mass is 421 g/mol. The lowest BCUT2D eigenvalue weighted by atomic mass is 10.1. The van der Waals surface area contributed by atoms with Crippen molar-refractivity contribution in [2.75, 3.05) is 6.54 Å². The largest absolute Gasteiger partial charge is 0.354 e. The lowest BCUT2D eigenvalue weighted by Crippen LogP contribution is -2.35. The Morgan fingerprint density at radius 2 is 1.93 bits per heavy atom. The van der Waals surface area contributed by atoms with Gasteiger partial charge in [-0.15, -0.1) is 0 Å². The average Bonchev–Trinajstić information content (AvgIpc) is 3.19. The Balaban J connectivity index is 1.57. The van der Waals surface area contributed by atoms with E-state index in [1.165, 1.54) is 9.36 Å². The van der Waals surface area contributed by atoms with E-state index in [9.17, 15) is 9.59 Å². The summed E-state index contributed by atoms with van der Waals surface area (Å²) in [6.07, 6.45) is 2.32. The maximum atomic E-state index is 13.1. The summed E-state index contributed by atoms with van der Waals surface area (Å²) in [6, 6.07) is 17.0. The Labute approximate surface area is 177 Å². The number of halogens is 1. The van der Waals surface area contributed by atoms with Gasteiger partial charge in [0, 0.05) is 17.0 Å². The second-order valence-corrected chi connectivity index (χ2v) is 7.37. The number of nitrogens with zero attached hydrogens (tertiary/aromatic N) is 4. The number of carbonyl (C=O) groups excluding carboxylic acids is 1. The molecule has 2 aromatic heterocycles. The first-order chi connectivity index (χ1) is 14.5. The van der Waals surface area contributed by atoms with Crippen molar-refractivity contribution in [2.24, 2.45) is 0 Å². The topological polar surface area (TPSA) is 81.8 Å². The molecule has 4 aromatic rings. The fraction of sp³-hybridized carbons (Fsp3) is 0.182. The standard InChI is InChI=1S/C22H20ClN5O2/c1-15-19-13-25-28(18-9-5-8-17(23)12-18)21(19)22(30)27(26-15)14-20(29)24-11-10-16-6-3-2-4-7-16/h2-9,12-13H,10-11,14H2,1H3,(H,24,29). The Morgan fingerprint density at radius 1 is 1.13 bits per heavy atom. The zero-order chi connectivity index (χ0) is 21.1. The van der Waals surface area contributed by atoms with Crippen molar-refractivity contribution in [1.29, 1.82) is 0 Å². The van der Waals surface area contributed by atoms with Gasteiger partial charge in [-0.25, -0.2) is 9.36 Å². The van der Waals surface area contributed by atoms with Crippen molar-refractivity contribution in [1.82, 2.24) is 24.9 Å². The smallest absolute Gasteiger partial charge is 0.293 e. The van der Waals surface area contributed by atoms with Crippen LogP contribution >= 0.6 is 11.6 Å². The molecule has 0 bridgehead atoms. The number of fused-ring (bicyclic) bond motifs is 1. The fourth-order valence-electron chi connectivity index (χ4n) is 3.32. The minimum atomic E-state index is -0.383. The molecule has 0 atom stereocenters. The number of carbonyl (C=O) groups is 1. The summed E-state index contributed by atoms with van der Waals surface area (Å²) in [7, 11) is 0. The van der Waals surface area contributed by atoms with Crippen LogP contribution in [0.3, 0.4) is 0 Å². The molecule has 2 heterocycles. The van der Waals surface area contributed by atoms with Gasteiger partial charge in [0.25, 0.3) is 5.56 Å². The fourth-order valence-corrected chi connectivity index (χ4v) is 3.50. The van der Waals surface area contributed by atoms with Crippen LogP contribution in [0.5, 0.6) is 0 Å². The molecule has 0 fully saturated rings. The summed E-state index contributed by atoms with van der Waals surface area (Å²) in [5.74, 6) is -0.270. The van der Waals surface area contributed by atoms with Crippen molar-refractivity contribution in [3.63, 3.8) is 0 Å². The minimum Gasteiger partial charge on any atom is -0.354 e. The number of hydrogen-bond acceptors (Lipinski definition) is 4. The van der Waals surface area contributed by atoms with E-state index in [0.29, 0.717) is 40.3 Å². The summed E-state index contributed by atoms with van der Waals surface area (Å²) < 4.78 is 2.71. The lowest BCUT2D eigenvalue weighted by molar-refractivity contribution is -0.121. The molecule has 0 radical (unpaired) electrons. The predicted octanol–water partition coefficient (Wildman–Crippen LogP) is 2.90. The third-order valence-corrected chi connectivity index (χ3v) is 5.03. The van der Waals surface area contributed by atoms with Crippen LogP contribution in [0.1, 0.15) is 11.3 Å². The van der Waals surface area contributed by atoms with E-state index in [4.69, 9.17) is 11.6 Å². The van der Waals surface area contributed by atoms with Crippen LogP contribution in [0.25, 0.3) is 16.6 Å². The van der Waals surface area contributed by atoms with Crippen LogP contribution < -0.4 is 10.9 Å². The van der Waals surface area contributed by atoms with E-state index in [-0.39, 0.29) is 18.0 Å². The van der Waals surface area contributed by atoms with E-state index < -0.39 is 0 Å². The van der Waals surface area contributed by atoms with Crippen LogP contribution in [0.2, 0.25) is 5.02 Å². The summed E-state index contributed by atoms with van der Waals surface area (Å²) in [6.45, 7) is 2.11. The molecule has 0 aliphatic rings. The van der Waals surface area contributed by atoms with Gasteiger partial charge in [-0.05, 0) is 37.1 Å². The highest BCUT2D eigenvalue weighted by molar-refractivity contribution is 6.30. The van der Waals surface area contributed by atoms with Crippen LogP contribution in [-0.4, -0.2) is 32.0 Å². The van der Waals surface area contributed by atoms with Gasteiger partial charge in [0.15, 0.2) is 0 Å². The zero-order valence-electron chi connectivity index (χ0n) is 16.4. The number of amides is 1. The van der Waals surface area contributed by atoms with Crippen molar-refractivity contribution < 1.29 is 4.79 Å². The molecular weight excluding hydrogens is 402 g/mol. The summed E-state index contributed by atoms with van der Waals surface area (Å²) >= 11 is 6.09. The number of hydrogen-bond donors (Lipinski definition) is 1. The number of aryl methyl sites for hydroxylation is 1. The van der Waals surface area contributed by atoms with E-state index in [2.05, 4.69) is 15.5 Å². The van der Waals surface area contributed by atoms with E-state index >= 15 is 0 Å². The van der Waals surface area contributed by atoms with Crippen molar-refractivity contribution in [3.8, 4) is 5.69 Å². The number of rotatable bonds is 6. The molecule has 0 unspecified atom stereocenters. The Kier molecular flexibility index (Phi) is 5.63. The highest BCUT2D eigenvalue weighted by atomic mass is 35.5. The van der Waals surface area contributed by atoms with Gasteiger partial charge in [0.05, 0.1) is 17.6 Å². The molecule has 7 nitrogen and oxygen atoms in total. The van der Waals surface area contributed by atoms with Crippen molar-refractivity contribution in [2.45, 2.75) is 19.9 Å². The SMILES string of the molecule is Cc1nn(CC(=O)NCCc2ccccc2)c(=O)c2c1cnn2-c1cccc(Cl)c1. The van der Waals surface area contributed by atoms with Gasteiger partial charge in [-0.3, -0.25) is 9.59 Å². The van der Waals surface area contributed by atoms with Crippen molar-refractivity contribution in [3.05, 3.63) is 87.4 Å². The molecule has 0 saturated carbocycles. The second-order valence-electron chi connectivity index (χ2n) is 6.93. The van der Waals surface area contributed by atoms with Crippen LogP contribution in [0.15, 0.2) is 65.6 Å². The van der Waals surface area contributed by atoms with Crippen LogP contribution in [0.4, 0.5) is 0 Å². The summed E-state index contributed by atoms with van der Waals surface area (Å²) in [5.41, 5.74) is 2.40. The molecule has 0 aliphatic heterocycles. The molecule has 1 N–H and O–H groups in total. The minimum absolute atomic E-state index is 0.162. The average molecular weight is 422 g/mol. The van der Waals surface area contributed by atoms with Gasteiger partial charge >= 0.3 is 0 Å². The zero-order valence-corrected chi connectivity index (χ0v) is 17.1. The normalized spacial score (nSPS) is 11.0. The van der Waals surface area contributed by atoms with Gasteiger partial charge in [0.2, 0.25) is 5.91 Å². The van der Waals surface area contributed by atoms with E-state index in [0.717, 1.165) is 5.56 Å². The van der Waals surface area contributed by atoms with Crippen LogP contribution in [-0.2, 0) is 17.8 Å². The molecule has 0 saturated heterocycles. The maximum absolute atomic E-state index is 13.1. The van der Waals surface area contributed by atoms with Gasteiger partial charge in [0.1, 0.15) is 12.1 Å². The summed E-state index contributed by atoms with van der Waals surface area (Å²) in [4.78, 5) is 25.5. The highest BCUT2D eigenvalue weighted by Crippen LogP contribution is 2.19. The second kappa shape index (κ2) is 8.51. The lowest BCUT2D eigenvalue weighted by Gasteiger charge is -2.09. The van der Waals surface area contributed by atoms with Crippen LogP contribution in [0, 0.1) is 6.92 Å². The third kappa shape index (κ3) is 4.11.